The molecule has 1 aliphatic carbocycles. The molecule has 0 nitrogen and oxygen atoms in total. The van der Waals surface area contributed by atoms with E-state index >= 15 is 0 Å². The summed E-state index contributed by atoms with van der Waals surface area (Å²) in [5.41, 5.74) is 0. The summed E-state index contributed by atoms with van der Waals surface area (Å²) in [5, 5.41) is 0. The fraction of sp³-hybridized carbons (Fsp3) is 1.00. The van der Waals surface area contributed by atoms with Gasteiger partial charge in [-0.05, 0) is 25.2 Å². The average molecular weight is 219 g/mol. The van der Waals surface area contributed by atoms with Crippen molar-refractivity contribution in [1.82, 2.24) is 0 Å². The second kappa shape index (κ2) is 5.18. The standard InChI is InChI=1S/C10H19Br/c1-2-6-9-7-4-3-5-8-10(9)11/h9-10H,2-8H2,1H3. The maximum atomic E-state index is 3.81. The highest BCUT2D eigenvalue weighted by Gasteiger charge is 2.19. The third-order valence-corrected chi connectivity index (χ3v) is 3.93. The van der Waals surface area contributed by atoms with Crippen molar-refractivity contribution in [2.24, 2.45) is 5.92 Å². The molecular formula is C10H19Br. The summed E-state index contributed by atoms with van der Waals surface area (Å²) < 4.78 is 0. The third kappa shape index (κ3) is 3.14. The Morgan fingerprint density at radius 3 is 2.64 bits per heavy atom. The highest BCUT2D eigenvalue weighted by Crippen LogP contribution is 2.31. The van der Waals surface area contributed by atoms with Gasteiger partial charge in [0.15, 0.2) is 0 Å². The monoisotopic (exact) mass is 218 g/mol. The van der Waals surface area contributed by atoms with Crippen molar-refractivity contribution in [3.8, 4) is 0 Å². The first-order valence-electron chi connectivity index (χ1n) is 4.98. The lowest BCUT2D eigenvalue weighted by Crippen LogP contribution is -2.11. The Hall–Kier alpha value is 0.480. The van der Waals surface area contributed by atoms with Crippen molar-refractivity contribution in [1.29, 1.82) is 0 Å². The first kappa shape index (κ1) is 9.57. The SMILES string of the molecule is CCCC1CCCCCC1Br. The van der Waals surface area contributed by atoms with E-state index in [9.17, 15) is 0 Å². The first-order valence-corrected chi connectivity index (χ1v) is 5.90. The van der Waals surface area contributed by atoms with Crippen molar-refractivity contribution in [2.45, 2.75) is 56.7 Å². The maximum Gasteiger partial charge on any atom is 0.0174 e. The van der Waals surface area contributed by atoms with E-state index < -0.39 is 0 Å². The van der Waals surface area contributed by atoms with Gasteiger partial charge in [-0.1, -0.05) is 48.5 Å². The molecule has 1 rings (SSSR count). The fourth-order valence-corrected chi connectivity index (χ4v) is 2.89. The summed E-state index contributed by atoms with van der Waals surface area (Å²) >= 11 is 3.81. The Morgan fingerprint density at radius 1 is 1.18 bits per heavy atom. The highest BCUT2D eigenvalue weighted by atomic mass is 79.9. The van der Waals surface area contributed by atoms with E-state index in [1.54, 1.807) is 0 Å². The van der Waals surface area contributed by atoms with Crippen molar-refractivity contribution in [3.05, 3.63) is 0 Å². The maximum absolute atomic E-state index is 3.81. The van der Waals surface area contributed by atoms with E-state index in [1.807, 2.05) is 0 Å². The average Bonchev–Trinajstić information content (AvgIpc) is 2.18. The number of rotatable bonds is 2. The molecule has 0 saturated heterocycles. The normalized spacial score (nSPS) is 33.3. The van der Waals surface area contributed by atoms with E-state index in [1.165, 1.54) is 44.9 Å². The largest absolute Gasteiger partial charge is 0.0888 e. The van der Waals surface area contributed by atoms with Crippen LogP contribution >= 0.6 is 15.9 Å². The molecule has 1 heteroatoms. The third-order valence-electron chi connectivity index (χ3n) is 2.73. The van der Waals surface area contributed by atoms with Gasteiger partial charge >= 0.3 is 0 Å². The lowest BCUT2D eigenvalue weighted by molar-refractivity contribution is 0.439. The van der Waals surface area contributed by atoms with Crippen LogP contribution in [0.5, 0.6) is 0 Å². The van der Waals surface area contributed by atoms with Gasteiger partial charge in [0.05, 0.1) is 0 Å². The van der Waals surface area contributed by atoms with Gasteiger partial charge in [-0.2, -0.15) is 0 Å². The van der Waals surface area contributed by atoms with Crippen LogP contribution in [-0.2, 0) is 0 Å². The molecule has 0 bridgehead atoms. The van der Waals surface area contributed by atoms with Crippen LogP contribution in [0.2, 0.25) is 0 Å². The Morgan fingerprint density at radius 2 is 1.91 bits per heavy atom. The minimum Gasteiger partial charge on any atom is -0.0888 e. The number of hydrogen-bond acceptors (Lipinski definition) is 0. The molecule has 0 spiro atoms. The van der Waals surface area contributed by atoms with Crippen molar-refractivity contribution < 1.29 is 0 Å². The van der Waals surface area contributed by atoms with Gasteiger partial charge in [0, 0.05) is 4.83 Å². The quantitative estimate of drug-likeness (QED) is 0.483. The Balaban J connectivity index is 2.32. The molecule has 0 radical (unpaired) electrons. The Kier molecular flexibility index (Phi) is 4.51. The molecular weight excluding hydrogens is 200 g/mol. The molecule has 0 N–H and O–H groups in total. The van der Waals surface area contributed by atoms with Crippen molar-refractivity contribution in [2.75, 3.05) is 0 Å². The molecule has 0 aliphatic heterocycles. The van der Waals surface area contributed by atoms with Crippen LogP contribution < -0.4 is 0 Å². The molecule has 1 aliphatic rings. The molecule has 11 heavy (non-hydrogen) atoms. The van der Waals surface area contributed by atoms with Crippen LogP contribution in [0, 0.1) is 5.92 Å². The summed E-state index contributed by atoms with van der Waals surface area (Å²) in [6, 6.07) is 0. The van der Waals surface area contributed by atoms with Crippen molar-refractivity contribution in [3.63, 3.8) is 0 Å². The molecule has 0 aromatic rings. The summed E-state index contributed by atoms with van der Waals surface area (Å²) in [4.78, 5) is 0.824. The Labute approximate surface area is 78.9 Å². The zero-order valence-corrected chi connectivity index (χ0v) is 9.07. The smallest absolute Gasteiger partial charge is 0.0174 e. The van der Waals surface area contributed by atoms with Gasteiger partial charge in [0.2, 0.25) is 0 Å². The lowest BCUT2D eigenvalue weighted by Gasteiger charge is -2.18. The topological polar surface area (TPSA) is 0 Å². The van der Waals surface area contributed by atoms with Crippen LogP contribution in [-0.4, -0.2) is 4.83 Å². The van der Waals surface area contributed by atoms with Gasteiger partial charge in [0.1, 0.15) is 0 Å². The first-order chi connectivity index (χ1) is 5.34. The predicted octanol–water partition coefficient (Wildman–Crippen LogP) is 4.13. The van der Waals surface area contributed by atoms with E-state index in [4.69, 9.17) is 0 Å². The lowest BCUT2D eigenvalue weighted by atomic mass is 9.95. The minimum absolute atomic E-state index is 0.824. The van der Waals surface area contributed by atoms with Gasteiger partial charge in [-0.3, -0.25) is 0 Å². The number of alkyl halides is 1. The van der Waals surface area contributed by atoms with Crippen LogP contribution in [0.3, 0.4) is 0 Å². The summed E-state index contributed by atoms with van der Waals surface area (Å²) in [6.45, 7) is 2.30. The van der Waals surface area contributed by atoms with Gasteiger partial charge in [-0.25, -0.2) is 0 Å². The van der Waals surface area contributed by atoms with Crippen LogP contribution in [0.15, 0.2) is 0 Å². The van der Waals surface area contributed by atoms with Gasteiger partial charge < -0.3 is 0 Å². The minimum atomic E-state index is 0.824. The molecule has 0 amide bonds. The molecule has 2 unspecified atom stereocenters. The highest BCUT2D eigenvalue weighted by molar-refractivity contribution is 9.09. The summed E-state index contributed by atoms with van der Waals surface area (Å²) in [5.74, 6) is 0.975. The molecule has 1 saturated carbocycles. The molecule has 0 heterocycles. The van der Waals surface area contributed by atoms with E-state index in [-0.39, 0.29) is 0 Å². The fourth-order valence-electron chi connectivity index (χ4n) is 2.04. The van der Waals surface area contributed by atoms with Gasteiger partial charge in [0.25, 0.3) is 0 Å². The van der Waals surface area contributed by atoms with E-state index in [0.29, 0.717) is 0 Å². The predicted molar refractivity (Wildman–Crippen MR) is 54.2 cm³/mol. The van der Waals surface area contributed by atoms with Crippen molar-refractivity contribution >= 4 is 15.9 Å². The van der Waals surface area contributed by atoms with Crippen LogP contribution in [0.1, 0.15) is 51.9 Å². The van der Waals surface area contributed by atoms with Crippen LogP contribution in [0.25, 0.3) is 0 Å². The van der Waals surface area contributed by atoms with Gasteiger partial charge in [-0.15, -0.1) is 0 Å². The second-order valence-corrected chi connectivity index (χ2v) is 4.88. The molecule has 66 valence electrons. The van der Waals surface area contributed by atoms with Crippen LogP contribution in [0.4, 0.5) is 0 Å². The van der Waals surface area contributed by atoms with E-state index in [2.05, 4.69) is 22.9 Å². The number of hydrogen-bond donors (Lipinski definition) is 0. The molecule has 1 fully saturated rings. The summed E-state index contributed by atoms with van der Waals surface area (Å²) in [6.07, 6.45) is 10.0. The Bertz CT molecular complexity index is 101. The molecule has 0 aromatic heterocycles. The zero-order chi connectivity index (χ0) is 8.10. The molecule has 0 aromatic carbocycles. The zero-order valence-electron chi connectivity index (χ0n) is 7.48. The second-order valence-electron chi connectivity index (χ2n) is 3.70. The van der Waals surface area contributed by atoms with E-state index in [0.717, 1.165) is 10.7 Å². The number of halogens is 1. The summed E-state index contributed by atoms with van der Waals surface area (Å²) in [7, 11) is 0. The molecule has 2 atom stereocenters.